The molecule has 0 spiro atoms. The van der Waals surface area contributed by atoms with E-state index in [1.807, 2.05) is 0 Å². The average Bonchev–Trinajstić information content (AvgIpc) is 2.32. The second-order valence-electron chi connectivity index (χ2n) is 5.12. The first-order valence-electron chi connectivity index (χ1n) is 6.55. The molecule has 1 saturated heterocycles. The van der Waals surface area contributed by atoms with Gasteiger partial charge in [0.25, 0.3) is 0 Å². The van der Waals surface area contributed by atoms with Crippen LogP contribution in [0.1, 0.15) is 12.5 Å². The summed E-state index contributed by atoms with van der Waals surface area (Å²) in [5.41, 5.74) is 8.42. The second kappa shape index (κ2) is 6.04. The van der Waals surface area contributed by atoms with Crippen molar-refractivity contribution < 1.29 is 0 Å². The maximum absolute atomic E-state index is 5.72. The van der Waals surface area contributed by atoms with Crippen molar-refractivity contribution in [3.8, 4) is 0 Å². The molecule has 2 rings (SSSR count). The number of anilines is 1. The first kappa shape index (κ1) is 13.8. The van der Waals surface area contributed by atoms with Gasteiger partial charge in [-0.2, -0.15) is 0 Å². The fourth-order valence-electron chi connectivity index (χ4n) is 2.67. The number of nitrogens with zero attached hydrogens (tertiary/aromatic N) is 2. The van der Waals surface area contributed by atoms with E-state index in [0.29, 0.717) is 12.6 Å². The average molecular weight is 312 g/mol. The Hall–Kier alpha value is -0.580. The number of likely N-dealkylation sites (N-methyl/N-ethyl adjacent to an activating group) is 1. The number of rotatable bonds is 3. The Kier molecular flexibility index (Phi) is 4.65. The normalized spacial score (nSPS) is 21.3. The van der Waals surface area contributed by atoms with Crippen molar-refractivity contribution in [2.75, 3.05) is 38.1 Å². The van der Waals surface area contributed by atoms with Crippen LogP contribution >= 0.6 is 15.9 Å². The van der Waals surface area contributed by atoms with Gasteiger partial charge in [0.1, 0.15) is 0 Å². The van der Waals surface area contributed by atoms with E-state index in [-0.39, 0.29) is 0 Å². The van der Waals surface area contributed by atoms with Gasteiger partial charge in [0.15, 0.2) is 0 Å². The van der Waals surface area contributed by atoms with Gasteiger partial charge in [-0.05, 0) is 44.6 Å². The van der Waals surface area contributed by atoms with Crippen LogP contribution < -0.4 is 10.6 Å². The molecule has 1 aromatic rings. The van der Waals surface area contributed by atoms with E-state index < -0.39 is 0 Å². The van der Waals surface area contributed by atoms with E-state index in [9.17, 15) is 0 Å². The standard InChI is InChI=1S/C14H22BrN3/c1-11-10-17(2)7-8-18(11)14-9-13(15)4-3-12(14)5-6-16/h3-4,9,11H,5-8,10,16H2,1-2H3. The van der Waals surface area contributed by atoms with Crippen molar-refractivity contribution in [1.82, 2.24) is 4.90 Å². The van der Waals surface area contributed by atoms with Gasteiger partial charge < -0.3 is 15.5 Å². The molecule has 0 aromatic heterocycles. The van der Waals surface area contributed by atoms with Gasteiger partial charge >= 0.3 is 0 Å². The molecule has 0 aliphatic carbocycles. The number of nitrogens with two attached hydrogens (primary N) is 1. The minimum absolute atomic E-state index is 0.551. The molecule has 2 N–H and O–H groups in total. The summed E-state index contributed by atoms with van der Waals surface area (Å²) in [5, 5.41) is 0. The lowest BCUT2D eigenvalue weighted by atomic mass is 10.1. The maximum Gasteiger partial charge on any atom is 0.0413 e. The molecule has 1 fully saturated rings. The number of hydrogen-bond acceptors (Lipinski definition) is 3. The maximum atomic E-state index is 5.72. The molecular formula is C14H22BrN3. The van der Waals surface area contributed by atoms with E-state index in [1.165, 1.54) is 11.3 Å². The smallest absolute Gasteiger partial charge is 0.0413 e. The molecule has 1 unspecified atom stereocenters. The SMILES string of the molecule is CC1CN(C)CCN1c1cc(Br)ccc1CCN. The molecule has 1 heterocycles. The summed E-state index contributed by atoms with van der Waals surface area (Å²) >= 11 is 3.58. The van der Waals surface area contributed by atoms with Crippen molar-refractivity contribution in [3.05, 3.63) is 28.2 Å². The summed E-state index contributed by atoms with van der Waals surface area (Å²) < 4.78 is 1.14. The van der Waals surface area contributed by atoms with Crippen LogP contribution in [-0.4, -0.2) is 44.2 Å². The molecule has 1 atom stereocenters. The van der Waals surface area contributed by atoms with Gasteiger partial charge in [0.05, 0.1) is 0 Å². The molecule has 18 heavy (non-hydrogen) atoms. The number of halogens is 1. The fourth-order valence-corrected chi connectivity index (χ4v) is 3.02. The van der Waals surface area contributed by atoms with Gasteiger partial charge in [-0.15, -0.1) is 0 Å². The molecule has 1 aliphatic heterocycles. The highest BCUT2D eigenvalue weighted by molar-refractivity contribution is 9.10. The molecule has 1 aromatic carbocycles. The summed E-state index contributed by atoms with van der Waals surface area (Å²) in [6.45, 7) is 6.33. The predicted molar refractivity (Wildman–Crippen MR) is 81.2 cm³/mol. The topological polar surface area (TPSA) is 32.5 Å². The van der Waals surface area contributed by atoms with Crippen LogP contribution in [0.25, 0.3) is 0 Å². The van der Waals surface area contributed by atoms with Crippen LogP contribution in [0.3, 0.4) is 0 Å². The highest BCUT2D eigenvalue weighted by Crippen LogP contribution is 2.28. The van der Waals surface area contributed by atoms with Crippen LogP contribution in [-0.2, 0) is 6.42 Å². The summed E-state index contributed by atoms with van der Waals surface area (Å²) in [4.78, 5) is 4.90. The Morgan fingerprint density at radius 1 is 1.39 bits per heavy atom. The van der Waals surface area contributed by atoms with Gasteiger partial charge in [-0.3, -0.25) is 0 Å². The van der Waals surface area contributed by atoms with Crippen LogP contribution in [0.5, 0.6) is 0 Å². The quantitative estimate of drug-likeness (QED) is 0.928. The van der Waals surface area contributed by atoms with E-state index in [4.69, 9.17) is 5.73 Å². The van der Waals surface area contributed by atoms with Crippen LogP contribution in [0.4, 0.5) is 5.69 Å². The number of benzene rings is 1. The zero-order chi connectivity index (χ0) is 13.1. The molecule has 100 valence electrons. The Labute approximate surface area is 118 Å². The highest BCUT2D eigenvalue weighted by Gasteiger charge is 2.23. The Bertz CT molecular complexity index is 408. The van der Waals surface area contributed by atoms with Crippen molar-refractivity contribution >= 4 is 21.6 Å². The van der Waals surface area contributed by atoms with E-state index in [2.05, 4.69) is 57.9 Å². The van der Waals surface area contributed by atoms with Crippen LogP contribution in [0.15, 0.2) is 22.7 Å². The first-order chi connectivity index (χ1) is 8.61. The molecular weight excluding hydrogens is 290 g/mol. The number of hydrogen-bond donors (Lipinski definition) is 1. The van der Waals surface area contributed by atoms with E-state index in [1.54, 1.807) is 0 Å². The van der Waals surface area contributed by atoms with Crippen LogP contribution in [0.2, 0.25) is 0 Å². The van der Waals surface area contributed by atoms with Crippen LogP contribution in [0, 0.1) is 0 Å². The van der Waals surface area contributed by atoms with Gasteiger partial charge in [-0.25, -0.2) is 0 Å². The summed E-state index contributed by atoms with van der Waals surface area (Å²) in [6, 6.07) is 7.08. The van der Waals surface area contributed by atoms with Crippen molar-refractivity contribution in [1.29, 1.82) is 0 Å². The minimum Gasteiger partial charge on any atom is -0.366 e. The third-order valence-electron chi connectivity index (χ3n) is 3.60. The fraction of sp³-hybridized carbons (Fsp3) is 0.571. The largest absolute Gasteiger partial charge is 0.366 e. The molecule has 3 nitrogen and oxygen atoms in total. The summed E-state index contributed by atoms with van der Waals surface area (Å²) in [5.74, 6) is 0. The Morgan fingerprint density at radius 3 is 2.83 bits per heavy atom. The lowest BCUT2D eigenvalue weighted by molar-refractivity contribution is 0.275. The van der Waals surface area contributed by atoms with Gasteiger partial charge in [0.2, 0.25) is 0 Å². The number of piperazine rings is 1. The Morgan fingerprint density at radius 2 is 2.17 bits per heavy atom. The molecule has 1 aliphatic rings. The molecule has 0 saturated carbocycles. The second-order valence-corrected chi connectivity index (χ2v) is 6.03. The third kappa shape index (κ3) is 3.05. The first-order valence-corrected chi connectivity index (χ1v) is 7.35. The summed E-state index contributed by atoms with van der Waals surface area (Å²) in [6.07, 6.45) is 0.946. The van der Waals surface area contributed by atoms with Gasteiger partial charge in [-0.1, -0.05) is 22.0 Å². The van der Waals surface area contributed by atoms with Crippen molar-refractivity contribution in [2.24, 2.45) is 5.73 Å². The Balaban J connectivity index is 2.28. The summed E-state index contributed by atoms with van der Waals surface area (Å²) in [7, 11) is 2.19. The zero-order valence-corrected chi connectivity index (χ0v) is 12.8. The van der Waals surface area contributed by atoms with E-state index in [0.717, 1.165) is 30.5 Å². The zero-order valence-electron chi connectivity index (χ0n) is 11.2. The minimum atomic E-state index is 0.551. The predicted octanol–water partition coefficient (Wildman–Crippen LogP) is 2.09. The molecule has 0 bridgehead atoms. The molecule has 0 amide bonds. The van der Waals surface area contributed by atoms with Gasteiger partial charge in [0, 0.05) is 35.8 Å². The monoisotopic (exact) mass is 311 g/mol. The molecule has 4 heteroatoms. The highest BCUT2D eigenvalue weighted by atomic mass is 79.9. The lowest BCUT2D eigenvalue weighted by Crippen LogP contribution is -2.50. The lowest BCUT2D eigenvalue weighted by Gasteiger charge is -2.40. The van der Waals surface area contributed by atoms with E-state index >= 15 is 0 Å². The third-order valence-corrected chi connectivity index (χ3v) is 4.09. The van der Waals surface area contributed by atoms with Crippen molar-refractivity contribution in [3.63, 3.8) is 0 Å². The molecule has 0 radical (unpaired) electrons. The van der Waals surface area contributed by atoms with Crippen molar-refractivity contribution in [2.45, 2.75) is 19.4 Å².